The van der Waals surface area contributed by atoms with Crippen molar-refractivity contribution in [3.05, 3.63) is 35.6 Å². The molecule has 90 valence electrons. The molecular weight excluding hydrogens is 225 g/mol. The topological polar surface area (TPSA) is 57.6 Å². The van der Waals surface area contributed by atoms with Crippen molar-refractivity contribution in [2.75, 3.05) is 6.54 Å². The molecule has 17 heavy (non-hydrogen) atoms. The van der Waals surface area contributed by atoms with Crippen LogP contribution in [-0.4, -0.2) is 34.5 Å². The summed E-state index contributed by atoms with van der Waals surface area (Å²) in [6.45, 7) is 0.409. The van der Waals surface area contributed by atoms with Crippen LogP contribution in [-0.2, 0) is 4.79 Å². The molecule has 0 aromatic heterocycles. The second-order valence-electron chi connectivity index (χ2n) is 4.01. The Morgan fingerprint density at radius 3 is 2.82 bits per heavy atom. The highest BCUT2D eigenvalue weighted by atomic mass is 19.1. The highest BCUT2D eigenvalue weighted by Gasteiger charge is 2.34. The Kier molecular flexibility index (Phi) is 3.08. The fraction of sp³-hybridized carbons (Fsp3) is 0.333. The van der Waals surface area contributed by atoms with Crippen molar-refractivity contribution in [1.29, 1.82) is 0 Å². The van der Waals surface area contributed by atoms with Gasteiger partial charge in [-0.2, -0.15) is 0 Å². The number of halogens is 1. The van der Waals surface area contributed by atoms with Crippen LogP contribution >= 0.6 is 0 Å². The number of nitrogens with zero attached hydrogens (tertiary/aromatic N) is 1. The van der Waals surface area contributed by atoms with Gasteiger partial charge in [0.05, 0.1) is 0 Å². The van der Waals surface area contributed by atoms with E-state index in [4.69, 9.17) is 5.11 Å². The van der Waals surface area contributed by atoms with Gasteiger partial charge in [0, 0.05) is 12.1 Å². The van der Waals surface area contributed by atoms with Crippen LogP contribution in [0.1, 0.15) is 23.2 Å². The predicted molar refractivity (Wildman–Crippen MR) is 58.1 cm³/mol. The molecule has 0 spiro atoms. The van der Waals surface area contributed by atoms with Gasteiger partial charge in [0.1, 0.15) is 11.9 Å². The molecule has 1 N–H and O–H groups in total. The fourth-order valence-electron chi connectivity index (χ4n) is 2.05. The van der Waals surface area contributed by atoms with Crippen LogP contribution in [0.15, 0.2) is 24.3 Å². The van der Waals surface area contributed by atoms with E-state index < -0.39 is 23.7 Å². The van der Waals surface area contributed by atoms with Crippen molar-refractivity contribution < 1.29 is 19.1 Å². The third-order valence-electron chi connectivity index (χ3n) is 2.87. The molecule has 1 saturated heterocycles. The Bertz CT molecular complexity index is 461. The summed E-state index contributed by atoms with van der Waals surface area (Å²) in [5.41, 5.74) is 0.193. The number of rotatable bonds is 2. The number of carbonyl (C=O) groups excluding carboxylic acids is 1. The molecule has 0 bridgehead atoms. The number of amides is 1. The van der Waals surface area contributed by atoms with Crippen LogP contribution in [0.3, 0.4) is 0 Å². The summed E-state index contributed by atoms with van der Waals surface area (Å²) in [5, 5.41) is 8.97. The maximum Gasteiger partial charge on any atom is 0.326 e. The van der Waals surface area contributed by atoms with E-state index in [9.17, 15) is 14.0 Å². The summed E-state index contributed by atoms with van der Waals surface area (Å²) in [4.78, 5) is 24.2. The fourth-order valence-corrected chi connectivity index (χ4v) is 2.05. The zero-order valence-corrected chi connectivity index (χ0v) is 9.10. The van der Waals surface area contributed by atoms with Gasteiger partial charge in [-0.1, -0.05) is 6.07 Å². The Balaban J connectivity index is 2.23. The lowest BCUT2D eigenvalue weighted by atomic mass is 10.1. The standard InChI is InChI=1S/C12H12FNO3/c13-9-4-1-3-8(7-9)11(15)14-6-2-5-10(14)12(16)17/h1,3-4,7,10H,2,5-6H2,(H,16,17)/t10-/m0/s1. The van der Waals surface area contributed by atoms with E-state index in [1.165, 1.54) is 23.1 Å². The summed E-state index contributed by atoms with van der Waals surface area (Å²) < 4.78 is 13.0. The molecule has 0 radical (unpaired) electrons. The van der Waals surface area contributed by atoms with Gasteiger partial charge >= 0.3 is 5.97 Å². The maximum absolute atomic E-state index is 13.0. The quantitative estimate of drug-likeness (QED) is 0.848. The first kappa shape index (κ1) is 11.6. The Morgan fingerprint density at radius 2 is 2.18 bits per heavy atom. The van der Waals surface area contributed by atoms with Crippen molar-refractivity contribution in [2.24, 2.45) is 0 Å². The molecule has 2 rings (SSSR count). The van der Waals surface area contributed by atoms with Crippen LogP contribution in [0.25, 0.3) is 0 Å². The minimum absolute atomic E-state index is 0.193. The highest BCUT2D eigenvalue weighted by molar-refractivity contribution is 5.96. The van der Waals surface area contributed by atoms with E-state index in [-0.39, 0.29) is 5.56 Å². The molecule has 1 aliphatic heterocycles. The first-order valence-electron chi connectivity index (χ1n) is 5.39. The molecule has 0 unspecified atom stereocenters. The SMILES string of the molecule is O=C(O)[C@@H]1CCCN1C(=O)c1cccc(F)c1. The zero-order valence-electron chi connectivity index (χ0n) is 9.10. The van der Waals surface area contributed by atoms with Crippen LogP contribution < -0.4 is 0 Å². The average molecular weight is 237 g/mol. The molecule has 1 aromatic carbocycles. The van der Waals surface area contributed by atoms with E-state index in [0.29, 0.717) is 19.4 Å². The van der Waals surface area contributed by atoms with Gasteiger partial charge in [0.2, 0.25) is 0 Å². The van der Waals surface area contributed by atoms with Crippen molar-refractivity contribution in [2.45, 2.75) is 18.9 Å². The molecule has 1 aromatic rings. The van der Waals surface area contributed by atoms with Crippen LogP contribution in [0.5, 0.6) is 0 Å². The molecule has 0 saturated carbocycles. The maximum atomic E-state index is 13.0. The number of aliphatic carboxylic acids is 1. The second kappa shape index (κ2) is 4.53. The average Bonchev–Trinajstić information content (AvgIpc) is 2.77. The number of carboxylic acid groups (broad SMARTS) is 1. The normalized spacial score (nSPS) is 19.4. The van der Waals surface area contributed by atoms with Gasteiger partial charge in [0.15, 0.2) is 0 Å². The lowest BCUT2D eigenvalue weighted by Crippen LogP contribution is -2.40. The highest BCUT2D eigenvalue weighted by Crippen LogP contribution is 2.20. The van der Waals surface area contributed by atoms with Crippen molar-refractivity contribution in [1.82, 2.24) is 4.90 Å². The van der Waals surface area contributed by atoms with Crippen molar-refractivity contribution >= 4 is 11.9 Å². The molecule has 1 aliphatic rings. The number of carboxylic acids is 1. The zero-order chi connectivity index (χ0) is 12.4. The minimum Gasteiger partial charge on any atom is -0.480 e. The number of benzene rings is 1. The van der Waals surface area contributed by atoms with E-state index >= 15 is 0 Å². The van der Waals surface area contributed by atoms with Gasteiger partial charge in [-0.05, 0) is 31.0 Å². The second-order valence-corrected chi connectivity index (χ2v) is 4.01. The van der Waals surface area contributed by atoms with E-state index in [1.54, 1.807) is 0 Å². The van der Waals surface area contributed by atoms with Gasteiger partial charge in [-0.15, -0.1) is 0 Å². The summed E-state index contributed by atoms with van der Waals surface area (Å²) in [5.74, 6) is -1.93. The summed E-state index contributed by atoms with van der Waals surface area (Å²) in [6.07, 6.45) is 1.12. The first-order chi connectivity index (χ1) is 8.09. The largest absolute Gasteiger partial charge is 0.480 e. The van der Waals surface area contributed by atoms with Gasteiger partial charge in [-0.25, -0.2) is 9.18 Å². The Labute approximate surface area is 97.7 Å². The van der Waals surface area contributed by atoms with Crippen LogP contribution in [0.4, 0.5) is 4.39 Å². The molecule has 1 atom stereocenters. The summed E-state index contributed by atoms with van der Waals surface area (Å²) in [6, 6.07) is 4.51. The molecule has 1 amide bonds. The number of hydrogen-bond acceptors (Lipinski definition) is 2. The van der Waals surface area contributed by atoms with Crippen LogP contribution in [0, 0.1) is 5.82 Å². The summed E-state index contributed by atoms with van der Waals surface area (Å²) in [7, 11) is 0. The predicted octanol–water partition coefficient (Wildman–Crippen LogP) is 1.51. The number of likely N-dealkylation sites (tertiary alicyclic amines) is 1. The van der Waals surface area contributed by atoms with E-state index in [2.05, 4.69) is 0 Å². The molecule has 1 heterocycles. The summed E-state index contributed by atoms with van der Waals surface area (Å²) >= 11 is 0. The van der Waals surface area contributed by atoms with Gasteiger partial charge < -0.3 is 10.0 Å². The van der Waals surface area contributed by atoms with Crippen LogP contribution in [0.2, 0.25) is 0 Å². The van der Waals surface area contributed by atoms with Gasteiger partial charge in [-0.3, -0.25) is 4.79 Å². The molecule has 0 aliphatic carbocycles. The molecular formula is C12H12FNO3. The lowest BCUT2D eigenvalue weighted by Gasteiger charge is -2.21. The molecule has 5 heteroatoms. The number of carbonyl (C=O) groups is 2. The van der Waals surface area contributed by atoms with Crippen molar-refractivity contribution in [3.8, 4) is 0 Å². The Morgan fingerprint density at radius 1 is 1.41 bits per heavy atom. The monoisotopic (exact) mass is 237 g/mol. The third kappa shape index (κ3) is 2.27. The number of hydrogen-bond donors (Lipinski definition) is 1. The van der Waals surface area contributed by atoms with Gasteiger partial charge in [0.25, 0.3) is 5.91 Å². The minimum atomic E-state index is -1.01. The van der Waals surface area contributed by atoms with E-state index in [1.807, 2.05) is 0 Å². The Hall–Kier alpha value is -1.91. The van der Waals surface area contributed by atoms with Crippen molar-refractivity contribution in [3.63, 3.8) is 0 Å². The molecule has 1 fully saturated rings. The lowest BCUT2D eigenvalue weighted by molar-refractivity contribution is -0.141. The van der Waals surface area contributed by atoms with E-state index in [0.717, 1.165) is 6.07 Å². The molecule has 4 nitrogen and oxygen atoms in total. The third-order valence-corrected chi connectivity index (χ3v) is 2.87. The smallest absolute Gasteiger partial charge is 0.326 e. The first-order valence-corrected chi connectivity index (χ1v) is 5.39.